The minimum absolute atomic E-state index is 0.0653. The Balaban J connectivity index is 3.18. The predicted molar refractivity (Wildman–Crippen MR) is 89.0 cm³/mol. The second-order valence-electron chi connectivity index (χ2n) is 5.56. The van der Waals surface area contributed by atoms with Gasteiger partial charge in [0.1, 0.15) is 0 Å². The van der Waals surface area contributed by atoms with Crippen LogP contribution in [0.3, 0.4) is 0 Å². The Bertz CT molecular complexity index is 392. The van der Waals surface area contributed by atoms with Crippen LogP contribution in [0.2, 0.25) is 0 Å². The molecule has 0 fully saturated rings. The number of nitrogens with zero attached hydrogens (tertiary/aromatic N) is 1. The van der Waals surface area contributed by atoms with E-state index in [1.54, 1.807) is 0 Å². The van der Waals surface area contributed by atoms with E-state index in [-0.39, 0.29) is 11.6 Å². The Labute approximate surface area is 125 Å². The summed E-state index contributed by atoms with van der Waals surface area (Å²) in [6.45, 7) is 13.3. The Morgan fingerprint density at radius 1 is 1.05 bits per heavy atom. The van der Waals surface area contributed by atoms with Gasteiger partial charge in [-0.15, -0.1) is 0 Å². The first-order valence-electron chi connectivity index (χ1n) is 8.18. The lowest BCUT2D eigenvalue weighted by molar-refractivity contribution is 0.0625. The highest BCUT2D eigenvalue weighted by molar-refractivity contribution is 5.28. The van der Waals surface area contributed by atoms with Crippen molar-refractivity contribution in [2.75, 3.05) is 13.1 Å². The first-order valence-corrected chi connectivity index (χ1v) is 8.18. The van der Waals surface area contributed by atoms with E-state index in [0.717, 1.165) is 32.4 Å². The Hall–Kier alpha value is -0.860. The third-order valence-electron chi connectivity index (χ3n) is 4.92. The van der Waals surface area contributed by atoms with Gasteiger partial charge in [-0.3, -0.25) is 4.90 Å². The van der Waals surface area contributed by atoms with E-state index < -0.39 is 0 Å². The Morgan fingerprint density at radius 3 is 2.10 bits per heavy atom. The summed E-state index contributed by atoms with van der Waals surface area (Å²) in [6, 6.07) is 8.88. The highest BCUT2D eigenvalue weighted by Crippen LogP contribution is 2.35. The van der Waals surface area contributed by atoms with E-state index in [1.807, 2.05) is 0 Å². The van der Waals surface area contributed by atoms with Crippen molar-refractivity contribution in [1.29, 1.82) is 0 Å². The van der Waals surface area contributed by atoms with Crippen LogP contribution in [0.4, 0.5) is 0 Å². The van der Waals surface area contributed by atoms with E-state index >= 15 is 0 Å². The van der Waals surface area contributed by atoms with Crippen LogP contribution in [0.15, 0.2) is 24.3 Å². The maximum absolute atomic E-state index is 6.73. The minimum atomic E-state index is 0.0653. The largest absolute Gasteiger partial charge is 0.322 e. The number of hydrogen-bond donors (Lipinski definition) is 1. The van der Waals surface area contributed by atoms with Gasteiger partial charge in [-0.2, -0.15) is 0 Å². The lowest BCUT2D eigenvalue weighted by Crippen LogP contribution is -2.54. The van der Waals surface area contributed by atoms with Gasteiger partial charge in [0.15, 0.2) is 0 Å². The van der Waals surface area contributed by atoms with Crippen molar-refractivity contribution in [3.8, 4) is 0 Å². The molecule has 0 aromatic heterocycles. The number of aryl methyl sites for hydroxylation is 1. The van der Waals surface area contributed by atoms with Crippen molar-refractivity contribution >= 4 is 0 Å². The van der Waals surface area contributed by atoms with Crippen LogP contribution in [-0.4, -0.2) is 23.5 Å². The SMILES string of the molecule is CCc1cccc(C(N)C(CC)(CC)N(CC)CC)c1. The monoisotopic (exact) mass is 276 g/mol. The molecular formula is C18H32N2. The van der Waals surface area contributed by atoms with Gasteiger partial charge in [0.05, 0.1) is 0 Å². The molecule has 0 aliphatic carbocycles. The lowest BCUT2D eigenvalue weighted by Gasteiger charge is -2.46. The number of hydrogen-bond acceptors (Lipinski definition) is 2. The van der Waals surface area contributed by atoms with Gasteiger partial charge in [0.2, 0.25) is 0 Å². The molecule has 1 rings (SSSR count). The number of benzene rings is 1. The molecule has 2 N–H and O–H groups in total. The van der Waals surface area contributed by atoms with Gasteiger partial charge in [-0.25, -0.2) is 0 Å². The van der Waals surface area contributed by atoms with Crippen molar-refractivity contribution in [2.24, 2.45) is 5.73 Å². The van der Waals surface area contributed by atoms with Crippen molar-refractivity contribution in [3.05, 3.63) is 35.4 Å². The second kappa shape index (κ2) is 7.80. The van der Waals surface area contributed by atoms with Gasteiger partial charge >= 0.3 is 0 Å². The summed E-state index contributed by atoms with van der Waals surface area (Å²) < 4.78 is 0. The summed E-state index contributed by atoms with van der Waals surface area (Å²) in [6.07, 6.45) is 3.24. The molecule has 0 aliphatic rings. The smallest absolute Gasteiger partial charge is 0.0482 e. The predicted octanol–water partition coefficient (Wildman–Crippen LogP) is 4.15. The van der Waals surface area contributed by atoms with Crippen LogP contribution in [0.1, 0.15) is 64.6 Å². The first kappa shape index (κ1) is 17.2. The molecule has 0 aliphatic heterocycles. The van der Waals surface area contributed by atoms with Gasteiger partial charge in [-0.05, 0) is 43.5 Å². The molecule has 1 unspecified atom stereocenters. The summed E-state index contributed by atoms with van der Waals surface area (Å²) >= 11 is 0. The average Bonchev–Trinajstić information content (AvgIpc) is 2.52. The van der Waals surface area contributed by atoms with Gasteiger partial charge < -0.3 is 5.73 Å². The van der Waals surface area contributed by atoms with E-state index in [0.29, 0.717) is 0 Å². The molecule has 0 spiro atoms. The molecule has 0 saturated heterocycles. The zero-order valence-corrected chi connectivity index (χ0v) is 13.9. The zero-order valence-electron chi connectivity index (χ0n) is 13.9. The van der Waals surface area contributed by atoms with Crippen LogP contribution in [0.5, 0.6) is 0 Å². The summed E-state index contributed by atoms with van der Waals surface area (Å²) in [4.78, 5) is 2.54. The summed E-state index contributed by atoms with van der Waals surface area (Å²) in [5.41, 5.74) is 9.45. The maximum Gasteiger partial charge on any atom is 0.0482 e. The summed E-state index contributed by atoms with van der Waals surface area (Å²) in [5.74, 6) is 0. The summed E-state index contributed by atoms with van der Waals surface area (Å²) in [5, 5.41) is 0. The van der Waals surface area contributed by atoms with Gasteiger partial charge in [0.25, 0.3) is 0 Å². The number of rotatable bonds is 8. The fourth-order valence-electron chi connectivity index (χ4n) is 3.50. The quantitative estimate of drug-likeness (QED) is 0.773. The van der Waals surface area contributed by atoms with Crippen LogP contribution in [0.25, 0.3) is 0 Å². The zero-order chi connectivity index (χ0) is 15.2. The van der Waals surface area contributed by atoms with Crippen molar-refractivity contribution < 1.29 is 0 Å². The van der Waals surface area contributed by atoms with E-state index in [9.17, 15) is 0 Å². The van der Waals surface area contributed by atoms with Gasteiger partial charge in [-0.1, -0.05) is 58.9 Å². The third-order valence-corrected chi connectivity index (χ3v) is 4.92. The Morgan fingerprint density at radius 2 is 1.65 bits per heavy atom. The van der Waals surface area contributed by atoms with Crippen molar-refractivity contribution in [1.82, 2.24) is 4.90 Å². The molecule has 0 amide bonds. The fourth-order valence-corrected chi connectivity index (χ4v) is 3.50. The third kappa shape index (κ3) is 3.24. The second-order valence-corrected chi connectivity index (χ2v) is 5.56. The molecule has 2 heteroatoms. The van der Waals surface area contributed by atoms with E-state index in [1.165, 1.54) is 11.1 Å². The standard InChI is InChI=1S/C18H32N2/c1-6-15-12-11-13-16(14-15)17(19)18(7-2,8-3)20(9-4)10-5/h11-14,17H,6-10,19H2,1-5H3. The minimum Gasteiger partial charge on any atom is -0.322 e. The average molecular weight is 276 g/mol. The molecule has 1 aromatic rings. The maximum atomic E-state index is 6.73. The van der Waals surface area contributed by atoms with Crippen LogP contribution < -0.4 is 5.73 Å². The molecule has 2 nitrogen and oxygen atoms in total. The molecule has 0 bridgehead atoms. The normalized spacial score (nSPS) is 13.8. The topological polar surface area (TPSA) is 29.3 Å². The Kier molecular flexibility index (Phi) is 6.70. The molecule has 0 radical (unpaired) electrons. The van der Waals surface area contributed by atoms with Crippen LogP contribution in [-0.2, 0) is 6.42 Å². The fraction of sp³-hybridized carbons (Fsp3) is 0.667. The lowest BCUT2D eigenvalue weighted by atomic mass is 9.79. The first-order chi connectivity index (χ1) is 9.59. The number of likely N-dealkylation sites (N-methyl/N-ethyl adjacent to an activating group) is 1. The molecule has 114 valence electrons. The molecule has 0 heterocycles. The summed E-state index contributed by atoms with van der Waals surface area (Å²) in [7, 11) is 0. The molecular weight excluding hydrogens is 244 g/mol. The van der Waals surface area contributed by atoms with Gasteiger partial charge in [0, 0.05) is 11.6 Å². The highest BCUT2D eigenvalue weighted by Gasteiger charge is 2.38. The van der Waals surface area contributed by atoms with Crippen LogP contribution >= 0.6 is 0 Å². The van der Waals surface area contributed by atoms with E-state index in [2.05, 4.69) is 63.8 Å². The van der Waals surface area contributed by atoms with Crippen molar-refractivity contribution in [3.63, 3.8) is 0 Å². The number of nitrogens with two attached hydrogens (primary N) is 1. The van der Waals surface area contributed by atoms with Crippen LogP contribution in [0, 0.1) is 0 Å². The molecule has 20 heavy (non-hydrogen) atoms. The molecule has 1 aromatic carbocycles. The van der Waals surface area contributed by atoms with Crippen molar-refractivity contribution in [2.45, 2.75) is 65.5 Å². The van der Waals surface area contributed by atoms with E-state index in [4.69, 9.17) is 5.73 Å². The molecule has 0 saturated carbocycles. The molecule has 1 atom stereocenters. The highest BCUT2D eigenvalue weighted by atomic mass is 15.2.